The van der Waals surface area contributed by atoms with Gasteiger partial charge in [0.15, 0.2) is 0 Å². The molecule has 0 amide bonds. The normalized spacial score (nSPS) is 15.8. The highest BCUT2D eigenvalue weighted by molar-refractivity contribution is 14.1. The molecule has 0 rings (SSSR count). The van der Waals surface area contributed by atoms with Crippen molar-refractivity contribution in [1.82, 2.24) is 0 Å². The van der Waals surface area contributed by atoms with E-state index in [4.69, 9.17) is 0 Å². The quantitative estimate of drug-likeness (QED) is 0.296. The van der Waals surface area contributed by atoms with Crippen LogP contribution in [-0.2, 0) is 0 Å². The van der Waals surface area contributed by atoms with Crippen molar-refractivity contribution in [3.63, 3.8) is 0 Å². The first-order chi connectivity index (χ1) is 1.73. The molecule has 0 nitrogen and oxygen atoms in total. The monoisotopic (exact) mass is 171 g/mol. The molecular formula is C3H7I. The molecule has 0 aliphatic rings. The lowest BCUT2D eigenvalue weighted by Crippen LogP contribution is -1.69. The molecule has 0 aliphatic heterocycles. The van der Waals surface area contributed by atoms with Gasteiger partial charge in [-0.05, 0) is 0 Å². The maximum atomic E-state index is 2.34. The van der Waals surface area contributed by atoms with E-state index in [1.807, 2.05) is 0 Å². The fourth-order valence-electron chi connectivity index (χ4n) is 0. The van der Waals surface area contributed by atoms with Crippen molar-refractivity contribution in [2.45, 2.75) is 17.8 Å². The van der Waals surface area contributed by atoms with Crippen molar-refractivity contribution < 1.29 is 0 Å². The second kappa shape index (κ2) is 2.00. The molecule has 0 saturated carbocycles. The largest absolute Gasteiger partial charge is 0.0832 e. The van der Waals surface area contributed by atoms with Crippen LogP contribution in [0.1, 0.15) is 13.8 Å². The third-order valence-electron chi connectivity index (χ3n) is 0. The molecule has 1 unspecified atom stereocenters. The van der Waals surface area contributed by atoms with Crippen molar-refractivity contribution in [1.29, 1.82) is 0 Å². The smallest absolute Gasteiger partial charge is 0.00530 e. The summed E-state index contributed by atoms with van der Waals surface area (Å²) in [5.41, 5.74) is 0. The SMILES string of the molecule is CC([13CH3])I. The number of halogens is 1. The summed E-state index contributed by atoms with van der Waals surface area (Å²) in [6.45, 7) is 4.31. The van der Waals surface area contributed by atoms with Crippen molar-refractivity contribution in [2.24, 2.45) is 0 Å². The van der Waals surface area contributed by atoms with Crippen LogP contribution < -0.4 is 0 Å². The van der Waals surface area contributed by atoms with Crippen LogP contribution in [0.3, 0.4) is 0 Å². The van der Waals surface area contributed by atoms with Gasteiger partial charge in [0, 0.05) is 3.92 Å². The molecule has 0 radical (unpaired) electrons. The molecule has 0 aromatic rings. The second-order valence-corrected chi connectivity index (χ2v) is 3.51. The van der Waals surface area contributed by atoms with Crippen LogP contribution in [-0.4, -0.2) is 3.92 Å². The average Bonchev–Trinajstić information content (AvgIpc) is 0.811. The first-order valence-corrected chi connectivity index (χ1v) is 2.62. The third-order valence-corrected chi connectivity index (χ3v) is 0. The van der Waals surface area contributed by atoms with Crippen molar-refractivity contribution in [3.05, 3.63) is 0 Å². The van der Waals surface area contributed by atoms with E-state index in [1.165, 1.54) is 0 Å². The van der Waals surface area contributed by atoms with Gasteiger partial charge in [-0.2, -0.15) is 0 Å². The van der Waals surface area contributed by atoms with Gasteiger partial charge >= 0.3 is 0 Å². The Hall–Kier alpha value is 0.730. The van der Waals surface area contributed by atoms with Gasteiger partial charge in [-0.25, -0.2) is 0 Å². The highest BCUT2D eigenvalue weighted by Crippen LogP contribution is 1.91. The van der Waals surface area contributed by atoms with Gasteiger partial charge in [0.1, 0.15) is 0 Å². The minimum Gasteiger partial charge on any atom is -0.0832 e. The Bertz CT molecular complexity index is 8.00. The van der Waals surface area contributed by atoms with Crippen molar-refractivity contribution in [3.8, 4) is 0 Å². The molecule has 0 fully saturated rings. The fourth-order valence-corrected chi connectivity index (χ4v) is 0. The Morgan fingerprint density at radius 3 is 1.50 bits per heavy atom. The molecular weight excluding hydrogens is 164 g/mol. The maximum absolute atomic E-state index is 2.34. The summed E-state index contributed by atoms with van der Waals surface area (Å²) in [6.07, 6.45) is 0. The summed E-state index contributed by atoms with van der Waals surface area (Å²) in [4.78, 5) is 0. The zero-order valence-corrected chi connectivity index (χ0v) is 5.11. The number of hydrogen-bond donors (Lipinski definition) is 0. The summed E-state index contributed by atoms with van der Waals surface area (Å²) in [5.74, 6) is 0. The Balaban J connectivity index is 2.32. The summed E-state index contributed by atoms with van der Waals surface area (Å²) in [5, 5.41) is 0. The first kappa shape index (κ1) is 4.73. The predicted molar refractivity (Wildman–Crippen MR) is 29.2 cm³/mol. The highest BCUT2D eigenvalue weighted by atomic mass is 127. The van der Waals surface area contributed by atoms with Crippen LogP contribution in [0.25, 0.3) is 0 Å². The van der Waals surface area contributed by atoms with Gasteiger partial charge in [0.2, 0.25) is 0 Å². The van der Waals surface area contributed by atoms with E-state index in [1.54, 1.807) is 0 Å². The van der Waals surface area contributed by atoms with E-state index in [0.29, 0.717) is 0 Å². The Kier molecular flexibility index (Phi) is 2.36. The van der Waals surface area contributed by atoms with Gasteiger partial charge in [-0.3, -0.25) is 0 Å². The van der Waals surface area contributed by atoms with Crippen LogP contribution in [0.15, 0.2) is 0 Å². The van der Waals surface area contributed by atoms with Crippen LogP contribution in [0, 0.1) is 0 Å². The Morgan fingerprint density at radius 2 is 1.50 bits per heavy atom. The number of hydrogen-bond acceptors (Lipinski definition) is 0. The summed E-state index contributed by atoms with van der Waals surface area (Å²) in [6, 6.07) is 0. The van der Waals surface area contributed by atoms with Gasteiger partial charge in [0.05, 0.1) is 0 Å². The fraction of sp³-hybridized carbons (Fsp3) is 1.00. The minimum atomic E-state index is 0.803. The number of alkyl halides is 1. The molecule has 26 valence electrons. The molecule has 1 atom stereocenters. The van der Waals surface area contributed by atoms with Crippen LogP contribution >= 0.6 is 22.6 Å². The minimum absolute atomic E-state index is 0.803. The lowest BCUT2D eigenvalue weighted by Gasteiger charge is -1.76. The van der Waals surface area contributed by atoms with E-state index in [-0.39, 0.29) is 0 Å². The summed E-state index contributed by atoms with van der Waals surface area (Å²) >= 11 is 2.34. The summed E-state index contributed by atoms with van der Waals surface area (Å²) < 4.78 is 0.803. The van der Waals surface area contributed by atoms with E-state index in [2.05, 4.69) is 36.4 Å². The number of rotatable bonds is 0. The molecule has 0 saturated heterocycles. The molecule has 0 heterocycles. The van der Waals surface area contributed by atoms with Gasteiger partial charge in [0.25, 0.3) is 0 Å². The average molecular weight is 171 g/mol. The zero-order valence-electron chi connectivity index (χ0n) is 2.96. The van der Waals surface area contributed by atoms with E-state index in [0.717, 1.165) is 3.92 Å². The van der Waals surface area contributed by atoms with E-state index in [9.17, 15) is 0 Å². The van der Waals surface area contributed by atoms with Crippen LogP contribution in [0.4, 0.5) is 0 Å². The molecule has 0 bridgehead atoms. The predicted octanol–water partition coefficient (Wildman–Crippen LogP) is 1.83. The lowest BCUT2D eigenvalue weighted by molar-refractivity contribution is 1.16. The summed E-state index contributed by atoms with van der Waals surface area (Å²) in [7, 11) is 0. The van der Waals surface area contributed by atoms with Gasteiger partial charge in [-0.1, -0.05) is 36.4 Å². The van der Waals surface area contributed by atoms with Gasteiger partial charge < -0.3 is 0 Å². The molecule has 4 heavy (non-hydrogen) atoms. The Labute approximate surface area is 40.7 Å². The van der Waals surface area contributed by atoms with Crippen LogP contribution in [0.5, 0.6) is 0 Å². The molecule has 1 heteroatoms. The topological polar surface area (TPSA) is 0 Å². The molecule has 0 aromatic heterocycles. The van der Waals surface area contributed by atoms with Crippen LogP contribution in [0.2, 0.25) is 0 Å². The Morgan fingerprint density at radius 1 is 1.50 bits per heavy atom. The zero-order chi connectivity index (χ0) is 3.58. The maximum Gasteiger partial charge on any atom is 0.00530 e. The van der Waals surface area contributed by atoms with E-state index >= 15 is 0 Å². The molecule has 0 N–H and O–H groups in total. The lowest BCUT2D eigenvalue weighted by atomic mass is 10.8. The molecule has 0 aliphatic carbocycles. The van der Waals surface area contributed by atoms with E-state index < -0.39 is 0 Å². The third kappa shape index (κ3) is 15.3. The first-order valence-electron chi connectivity index (χ1n) is 1.37. The highest BCUT2D eigenvalue weighted by Gasteiger charge is 1.70. The molecule has 0 spiro atoms. The van der Waals surface area contributed by atoms with Crippen molar-refractivity contribution >= 4 is 22.6 Å². The molecule has 0 aromatic carbocycles. The second-order valence-electron chi connectivity index (χ2n) is 1.01. The standard InChI is InChI=1S/C3H7I/c1-3(2)4/h3H,1-2H3/i1+1. The van der Waals surface area contributed by atoms with Crippen molar-refractivity contribution in [2.75, 3.05) is 0 Å². The van der Waals surface area contributed by atoms with Gasteiger partial charge in [-0.15, -0.1) is 0 Å².